The molecule has 0 saturated carbocycles. The third kappa shape index (κ3) is 4.06. The van der Waals surface area contributed by atoms with E-state index in [1.807, 2.05) is 0 Å². The van der Waals surface area contributed by atoms with Crippen molar-refractivity contribution in [3.05, 3.63) is 53.3 Å². The summed E-state index contributed by atoms with van der Waals surface area (Å²) in [4.78, 5) is 0. The van der Waals surface area contributed by atoms with Gasteiger partial charge < -0.3 is 4.74 Å². The third-order valence-corrected chi connectivity index (χ3v) is 3.92. The number of hydrogen-bond acceptors (Lipinski definition) is 1. The van der Waals surface area contributed by atoms with Crippen LogP contribution in [0.5, 0.6) is 5.75 Å². The van der Waals surface area contributed by atoms with E-state index in [2.05, 4.69) is 6.92 Å². The fraction of sp³-hybridized carbons (Fsp3) is 0.368. The second-order valence-electron chi connectivity index (χ2n) is 5.56. The minimum absolute atomic E-state index is 0.0568. The summed E-state index contributed by atoms with van der Waals surface area (Å²) in [5, 5.41) is 0. The number of benzene rings is 2. The van der Waals surface area contributed by atoms with Crippen LogP contribution in [0.25, 0.3) is 11.1 Å². The van der Waals surface area contributed by atoms with Crippen LogP contribution in [0.1, 0.15) is 38.2 Å². The van der Waals surface area contributed by atoms with Gasteiger partial charge in [0.25, 0.3) is 0 Å². The van der Waals surface area contributed by atoms with Gasteiger partial charge in [0.1, 0.15) is 0 Å². The van der Waals surface area contributed by atoms with E-state index in [4.69, 9.17) is 4.74 Å². The highest BCUT2D eigenvalue weighted by Crippen LogP contribution is 2.30. The lowest BCUT2D eigenvalue weighted by Gasteiger charge is -2.10. The number of rotatable bonds is 7. The average molecular weight is 322 g/mol. The Morgan fingerprint density at radius 2 is 1.70 bits per heavy atom. The molecule has 0 radical (unpaired) electrons. The smallest absolute Gasteiger partial charge is 0.166 e. The zero-order valence-electron chi connectivity index (χ0n) is 13.5. The molecule has 0 aliphatic rings. The van der Waals surface area contributed by atoms with Gasteiger partial charge in [-0.2, -0.15) is 0 Å². The Morgan fingerprint density at radius 3 is 2.35 bits per heavy atom. The monoisotopic (exact) mass is 322 g/mol. The largest absolute Gasteiger partial charge is 0.494 e. The first-order chi connectivity index (χ1) is 11.1. The summed E-state index contributed by atoms with van der Waals surface area (Å²) in [6.07, 6.45) is 4.54. The van der Waals surface area contributed by atoms with Crippen molar-refractivity contribution in [3.63, 3.8) is 0 Å². The molecule has 0 aliphatic heterocycles. The van der Waals surface area contributed by atoms with Gasteiger partial charge >= 0.3 is 0 Å². The van der Waals surface area contributed by atoms with Gasteiger partial charge in [-0.1, -0.05) is 44.4 Å². The molecule has 4 heteroatoms. The summed E-state index contributed by atoms with van der Waals surface area (Å²) in [5.74, 6) is -2.30. The maximum atomic E-state index is 14.3. The van der Waals surface area contributed by atoms with Crippen molar-refractivity contribution in [2.24, 2.45) is 0 Å². The highest BCUT2D eigenvalue weighted by molar-refractivity contribution is 5.65. The summed E-state index contributed by atoms with van der Waals surface area (Å²) in [7, 11) is 1.35. The lowest BCUT2D eigenvalue weighted by atomic mass is 9.99. The predicted octanol–water partition coefficient (Wildman–Crippen LogP) is 5.90. The van der Waals surface area contributed by atoms with E-state index in [1.165, 1.54) is 25.3 Å². The second kappa shape index (κ2) is 8.04. The number of ether oxygens (including phenoxy) is 1. The van der Waals surface area contributed by atoms with Crippen LogP contribution in [-0.2, 0) is 6.42 Å². The molecule has 0 saturated heterocycles. The first-order valence-electron chi connectivity index (χ1n) is 7.89. The zero-order chi connectivity index (χ0) is 16.8. The molecule has 0 aromatic heterocycles. The highest BCUT2D eigenvalue weighted by atomic mass is 19.2. The molecule has 124 valence electrons. The van der Waals surface area contributed by atoms with Crippen molar-refractivity contribution in [1.29, 1.82) is 0 Å². The molecule has 0 N–H and O–H groups in total. The van der Waals surface area contributed by atoms with E-state index < -0.39 is 17.5 Å². The number of hydrogen-bond donors (Lipinski definition) is 0. The van der Waals surface area contributed by atoms with Crippen LogP contribution in [0.2, 0.25) is 0 Å². The lowest BCUT2D eigenvalue weighted by Crippen LogP contribution is -1.98. The SMILES string of the molecule is CCCCCCc1ccc(-c2ccc(OC)c(F)c2)c(F)c1F. The Balaban J connectivity index is 2.24. The molecular weight excluding hydrogens is 301 g/mol. The normalized spacial score (nSPS) is 10.8. The van der Waals surface area contributed by atoms with Crippen molar-refractivity contribution < 1.29 is 17.9 Å². The number of methoxy groups -OCH3 is 1. The van der Waals surface area contributed by atoms with Crippen molar-refractivity contribution >= 4 is 0 Å². The molecule has 2 aromatic rings. The molecular formula is C19H21F3O. The topological polar surface area (TPSA) is 9.23 Å². The van der Waals surface area contributed by atoms with Gasteiger partial charge in [-0.15, -0.1) is 0 Å². The fourth-order valence-corrected chi connectivity index (χ4v) is 2.58. The van der Waals surface area contributed by atoms with Crippen LogP contribution in [0, 0.1) is 17.5 Å². The van der Waals surface area contributed by atoms with Gasteiger partial charge in [0.2, 0.25) is 0 Å². The Labute approximate surface area is 135 Å². The van der Waals surface area contributed by atoms with Crippen molar-refractivity contribution in [1.82, 2.24) is 0 Å². The van der Waals surface area contributed by atoms with Crippen LogP contribution < -0.4 is 4.74 Å². The Hall–Kier alpha value is -1.97. The minimum atomic E-state index is -0.928. The van der Waals surface area contributed by atoms with Crippen LogP contribution in [0.3, 0.4) is 0 Å². The van der Waals surface area contributed by atoms with E-state index in [9.17, 15) is 13.2 Å². The summed E-state index contributed by atoms with van der Waals surface area (Å²) in [6.45, 7) is 2.10. The average Bonchev–Trinajstić information content (AvgIpc) is 2.55. The second-order valence-corrected chi connectivity index (χ2v) is 5.56. The van der Waals surface area contributed by atoms with Gasteiger partial charge in [-0.05, 0) is 36.1 Å². The molecule has 0 aliphatic carbocycles. The van der Waals surface area contributed by atoms with Crippen LogP contribution in [0.4, 0.5) is 13.2 Å². The molecule has 2 aromatic carbocycles. The van der Waals surface area contributed by atoms with Gasteiger partial charge in [0.15, 0.2) is 23.2 Å². The van der Waals surface area contributed by atoms with Crippen molar-refractivity contribution in [2.45, 2.75) is 39.0 Å². The Morgan fingerprint density at radius 1 is 0.913 bits per heavy atom. The van der Waals surface area contributed by atoms with E-state index in [0.29, 0.717) is 12.0 Å². The summed E-state index contributed by atoms with van der Waals surface area (Å²) in [6, 6.07) is 7.16. The van der Waals surface area contributed by atoms with E-state index in [0.717, 1.165) is 31.7 Å². The minimum Gasteiger partial charge on any atom is -0.494 e. The quantitative estimate of drug-likeness (QED) is 0.576. The van der Waals surface area contributed by atoms with Gasteiger partial charge in [-0.25, -0.2) is 13.2 Å². The summed E-state index contributed by atoms with van der Waals surface area (Å²) in [5.41, 5.74) is 0.718. The van der Waals surface area contributed by atoms with Gasteiger partial charge in [0.05, 0.1) is 7.11 Å². The Kier molecular flexibility index (Phi) is 6.08. The maximum absolute atomic E-state index is 14.3. The molecule has 0 fully saturated rings. The standard InChI is InChI=1S/C19H21F3O/c1-3-4-5-6-7-13-8-10-15(19(22)18(13)21)14-9-11-17(23-2)16(20)12-14/h8-12H,3-7H2,1-2H3. The van der Waals surface area contributed by atoms with Crippen LogP contribution in [0.15, 0.2) is 30.3 Å². The highest BCUT2D eigenvalue weighted by Gasteiger charge is 2.15. The first kappa shape index (κ1) is 17.4. The van der Waals surface area contributed by atoms with Gasteiger partial charge in [-0.3, -0.25) is 0 Å². The fourth-order valence-electron chi connectivity index (χ4n) is 2.58. The molecule has 0 spiro atoms. The van der Waals surface area contributed by atoms with E-state index >= 15 is 0 Å². The summed E-state index contributed by atoms with van der Waals surface area (Å²) < 4.78 is 47.1. The van der Waals surface area contributed by atoms with E-state index in [-0.39, 0.29) is 16.9 Å². The van der Waals surface area contributed by atoms with Crippen molar-refractivity contribution in [3.8, 4) is 16.9 Å². The van der Waals surface area contributed by atoms with Gasteiger partial charge in [0, 0.05) is 5.56 Å². The van der Waals surface area contributed by atoms with Crippen LogP contribution >= 0.6 is 0 Å². The maximum Gasteiger partial charge on any atom is 0.166 e. The third-order valence-electron chi connectivity index (χ3n) is 3.92. The molecule has 1 nitrogen and oxygen atoms in total. The molecule has 0 heterocycles. The van der Waals surface area contributed by atoms with E-state index in [1.54, 1.807) is 6.07 Å². The summed E-state index contributed by atoms with van der Waals surface area (Å²) >= 11 is 0. The molecule has 0 unspecified atom stereocenters. The molecule has 0 amide bonds. The van der Waals surface area contributed by atoms with Crippen molar-refractivity contribution in [2.75, 3.05) is 7.11 Å². The number of aryl methyl sites for hydroxylation is 1. The first-order valence-corrected chi connectivity index (χ1v) is 7.89. The predicted molar refractivity (Wildman–Crippen MR) is 86.2 cm³/mol. The number of unbranched alkanes of at least 4 members (excludes halogenated alkanes) is 3. The molecule has 2 rings (SSSR count). The lowest BCUT2D eigenvalue weighted by molar-refractivity contribution is 0.386. The molecule has 0 atom stereocenters. The Bertz CT molecular complexity index is 668. The zero-order valence-corrected chi connectivity index (χ0v) is 13.5. The number of halogens is 3. The molecule has 23 heavy (non-hydrogen) atoms. The molecule has 0 bridgehead atoms. The van der Waals surface area contributed by atoms with Crippen LogP contribution in [-0.4, -0.2) is 7.11 Å².